The summed E-state index contributed by atoms with van der Waals surface area (Å²) < 4.78 is 5.24. The Labute approximate surface area is 115 Å². The van der Waals surface area contributed by atoms with E-state index >= 15 is 0 Å². The number of benzene rings is 1. The van der Waals surface area contributed by atoms with Gasteiger partial charge < -0.3 is 15.8 Å². The molecule has 1 amide bonds. The average molecular weight is 264 g/mol. The van der Waals surface area contributed by atoms with Crippen molar-refractivity contribution in [1.82, 2.24) is 5.32 Å². The molecule has 1 aromatic rings. The van der Waals surface area contributed by atoms with Crippen molar-refractivity contribution in [3.05, 3.63) is 29.3 Å². The number of methoxy groups -OCH3 is 1. The molecule has 106 valence electrons. The first-order valence-electron chi connectivity index (χ1n) is 6.63. The lowest BCUT2D eigenvalue weighted by atomic mass is 9.94. The Kier molecular flexibility index (Phi) is 5.36. The van der Waals surface area contributed by atoms with Crippen LogP contribution in [0.5, 0.6) is 5.75 Å². The molecule has 3 N–H and O–H groups in total. The van der Waals surface area contributed by atoms with E-state index < -0.39 is 0 Å². The number of rotatable bonds is 6. The van der Waals surface area contributed by atoms with E-state index in [9.17, 15) is 4.79 Å². The quantitative estimate of drug-likeness (QED) is 0.828. The standard InChI is InChI=1S/C15H24N2O2/c1-5-15(3,8-9-16)17-14(18)12-7-6-11(2)13(10-12)19-4/h6-7,10H,5,8-9,16H2,1-4H3,(H,17,18). The topological polar surface area (TPSA) is 64.3 Å². The minimum absolute atomic E-state index is 0.0869. The first-order chi connectivity index (χ1) is 8.95. The molecular weight excluding hydrogens is 240 g/mol. The maximum atomic E-state index is 12.3. The van der Waals surface area contributed by atoms with E-state index in [4.69, 9.17) is 10.5 Å². The molecule has 1 atom stereocenters. The van der Waals surface area contributed by atoms with E-state index in [1.807, 2.05) is 32.9 Å². The molecule has 1 unspecified atom stereocenters. The molecule has 0 saturated carbocycles. The van der Waals surface area contributed by atoms with Crippen molar-refractivity contribution in [1.29, 1.82) is 0 Å². The number of carbonyl (C=O) groups excluding carboxylic acids is 1. The number of nitrogens with two attached hydrogens (primary N) is 1. The van der Waals surface area contributed by atoms with Crippen molar-refractivity contribution in [3.63, 3.8) is 0 Å². The molecule has 0 heterocycles. The monoisotopic (exact) mass is 264 g/mol. The van der Waals surface area contributed by atoms with Crippen molar-refractivity contribution in [2.24, 2.45) is 5.73 Å². The fourth-order valence-electron chi connectivity index (χ4n) is 1.95. The number of aryl methyl sites for hydroxylation is 1. The van der Waals surface area contributed by atoms with Gasteiger partial charge in [-0.1, -0.05) is 13.0 Å². The summed E-state index contributed by atoms with van der Waals surface area (Å²) in [4.78, 5) is 12.3. The predicted molar refractivity (Wildman–Crippen MR) is 77.6 cm³/mol. The van der Waals surface area contributed by atoms with E-state index in [0.29, 0.717) is 12.1 Å². The molecule has 0 aliphatic rings. The first kappa shape index (κ1) is 15.5. The van der Waals surface area contributed by atoms with E-state index in [0.717, 1.165) is 24.2 Å². The number of ether oxygens (including phenoxy) is 1. The summed E-state index contributed by atoms with van der Waals surface area (Å²) in [6, 6.07) is 5.47. The molecule has 0 aliphatic carbocycles. The van der Waals surface area contributed by atoms with Crippen LogP contribution in [0, 0.1) is 6.92 Å². The van der Waals surface area contributed by atoms with Crippen molar-refractivity contribution in [3.8, 4) is 5.75 Å². The van der Waals surface area contributed by atoms with Crippen molar-refractivity contribution >= 4 is 5.91 Å². The van der Waals surface area contributed by atoms with E-state index in [2.05, 4.69) is 5.32 Å². The highest BCUT2D eigenvalue weighted by Crippen LogP contribution is 2.20. The molecule has 4 nitrogen and oxygen atoms in total. The third-order valence-corrected chi connectivity index (χ3v) is 3.56. The molecule has 0 aliphatic heterocycles. The first-order valence-corrected chi connectivity index (χ1v) is 6.63. The Morgan fingerprint density at radius 1 is 1.47 bits per heavy atom. The molecule has 0 saturated heterocycles. The van der Waals surface area contributed by atoms with Crippen molar-refractivity contribution in [2.75, 3.05) is 13.7 Å². The van der Waals surface area contributed by atoms with Crippen LogP contribution in [0.25, 0.3) is 0 Å². The Hall–Kier alpha value is -1.55. The van der Waals surface area contributed by atoms with Crippen molar-refractivity contribution < 1.29 is 9.53 Å². The molecule has 0 spiro atoms. The third-order valence-electron chi connectivity index (χ3n) is 3.56. The number of hydrogen-bond acceptors (Lipinski definition) is 3. The zero-order valence-corrected chi connectivity index (χ0v) is 12.2. The van der Waals surface area contributed by atoms with Gasteiger partial charge in [0.1, 0.15) is 5.75 Å². The summed E-state index contributed by atoms with van der Waals surface area (Å²) in [7, 11) is 1.61. The summed E-state index contributed by atoms with van der Waals surface area (Å²) in [5, 5.41) is 3.06. The molecule has 19 heavy (non-hydrogen) atoms. The van der Waals surface area contributed by atoms with Crippen LogP contribution in [0.3, 0.4) is 0 Å². The SMILES string of the molecule is CCC(C)(CCN)NC(=O)c1ccc(C)c(OC)c1. The Balaban J connectivity index is 2.88. The van der Waals surface area contributed by atoms with Gasteiger partial charge in [-0.2, -0.15) is 0 Å². The van der Waals surface area contributed by atoms with Crippen LogP contribution in [0.1, 0.15) is 42.6 Å². The second-order valence-corrected chi connectivity index (χ2v) is 5.09. The van der Waals surface area contributed by atoms with Crippen LogP contribution in [0.2, 0.25) is 0 Å². The van der Waals surface area contributed by atoms with E-state index in [1.165, 1.54) is 0 Å². The molecule has 0 bridgehead atoms. The second-order valence-electron chi connectivity index (χ2n) is 5.09. The fraction of sp³-hybridized carbons (Fsp3) is 0.533. The minimum Gasteiger partial charge on any atom is -0.496 e. The number of hydrogen-bond donors (Lipinski definition) is 2. The van der Waals surface area contributed by atoms with Crippen LogP contribution in [-0.4, -0.2) is 25.1 Å². The maximum absolute atomic E-state index is 12.3. The zero-order chi connectivity index (χ0) is 14.5. The van der Waals surface area contributed by atoms with Gasteiger partial charge in [-0.25, -0.2) is 0 Å². The fourth-order valence-corrected chi connectivity index (χ4v) is 1.95. The van der Waals surface area contributed by atoms with Gasteiger partial charge in [-0.3, -0.25) is 4.79 Å². The molecule has 1 rings (SSSR count). The zero-order valence-electron chi connectivity index (χ0n) is 12.2. The minimum atomic E-state index is -0.260. The molecule has 0 aromatic heterocycles. The molecule has 0 fully saturated rings. The molecule has 0 radical (unpaired) electrons. The largest absolute Gasteiger partial charge is 0.496 e. The third kappa shape index (κ3) is 3.96. The van der Waals surface area contributed by atoms with Crippen LogP contribution < -0.4 is 15.8 Å². The van der Waals surface area contributed by atoms with Crippen LogP contribution in [0.15, 0.2) is 18.2 Å². The Morgan fingerprint density at radius 2 is 2.16 bits per heavy atom. The Bertz CT molecular complexity index is 446. The molecule has 1 aromatic carbocycles. The summed E-state index contributed by atoms with van der Waals surface area (Å²) >= 11 is 0. The maximum Gasteiger partial charge on any atom is 0.251 e. The lowest BCUT2D eigenvalue weighted by Crippen LogP contribution is -2.46. The summed E-state index contributed by atoms with van der Waals surface area (Å²) in [5.74, 6) is 0.640. The average Bonchev–Trinajstić information content (AvgIpc) is 2.39. The predicted octanol–water partition coefficient (Wildman–Crippen LogP) is 2.25. The van der Waals surface area contributed by atoms with Crippen LogP contribution >= 0.6 is 0 Å². The summed E-state index contributed by atoms with van der Waals surface area (Å²) in [6.07, 6.45) is 1.61. The van der Waals surface area contributed by atoms with Gasteiger partial charge in [0.05, 0.1) is 7.11 Å². The normalized spacial score (nSPS) is 13.7. The van der Waals surface area contributed by atoms with Gasteiger partial charge in [0.25, 0.3) is 5.91 Å². The van der Waals surface area contributed by atoms with Crippen LogP contribution in [0.4, 0.5) is 0 Å². The summed E-state index contributed by atoms with van der Waals surface area (Å²) in [5.41, 5.74) is 6.96. The van der Waals surface area contributed by atoms with E-state index in [1.54, 1.807) is 13.2 Å². The van der Waals surface area contributed by atoms with Crippen LogP contribution in [-0.2, 0) is 0 Å². The van der Waals surface area contributed by atoms with Crippen molar-refractivity contribution in [2.45, 2.75) is 39.2 Å². The van der Waals surface area contributed by atoms with Gasteiger partial charge in [0.15, 0.2) is 0 Å². The van der Waals surface area contributed by atoms with Gasteiger partial charge >= 0.3 is 0 Å². The number of nitrogens with one attached hydrogen (secondary N) is 1. The van der Waals surface area contributed by atoms with Gasteiger partial charge in [0.2, 0.25) is 0 Å². The molecule has 4 heteroatoms. The smallest absolute Gasteiger partial charge is 0.251 e. The lowest BCUT2D eigenvalue weighted by Gasteiger charge is -2.29. The highest BCUT2D eigenvalue weighted by molar-refractivity contribution is 5.95. The van der Waals surface area contributed by atoms with Gasteiger partial charge in [-0.15, -0.1) is 0 Å². The second kappa shape index (κ2) is 6.57. The van der Waals surface area contributed by atoms with E-state index in [-0.39, 0.29) is 11.4 Å². The highest BCUT2D eigenvalue weighted by atomic mass is 16.5. The summed E-state index contributed by atoms with van der Waals surface area (Å²) in [6.45, 7) is 6.57. The lowest BCUT2D eigenvalue weighted by molar-refractivity contribution is 0.0899. The van der Waals surface area contributed by atoms with Gasteiger partial charge in [-0.05, 0) is 50.9 Å². The number of carbonyl (C=O) groups is 1. The molecular formula is C15H24N2O2. The Morgan fingerprint density at radius 3 is 2.68 bits per heavy atom. The van der Waals surface area contributed by atoms with Gasteiger partial charge in [0, 0.05) is 11.1 Å². The number of amides is 1. The highest BCUT2D eigenvalue weighted by Gasteiger charge is 2.24.